The number of carbonyl (C=O) groups is 3. The molecule has 1 saturated heterocycles. The number of benzene rings is 2. The van der Waals surface area contributed by atoms with Gasteiger partial charge in [0.25, 0.3) is 11.1 Å². The molecule has 1 aliphatic rings. The number of thioether (sulfide) groups is 1. The van der Waals surface area contributed by atoms with Crippen molar-refractivity contribution in [3.8, 4) is 11.5 Å². The maximum Gasteiger partial charge on any atom is 0.294 e. The first-order chi connectivity index (χ1) is 15.2. The number of nitrogens with one attached hydrogen (secondary N) is 1. The molecule has 168 valence electrons. The van der Waals surface area contributed by atoms with E-state index in [-0.39, 0.29) is 17.6 Å². The maximum atomic E-state index is 12.9. The summed E-state index contributed by atoms with van der Waals surface area (Å²) in [6.07, 6.45) is 1.48. The fourth-order valence-corrected chi connectivity index (χ4v) is 4.11. The highest BCUT2D eigenvalue weighted by molar-refractivity contribution is 8.18. The third-order valence-electron chi connectivity index (χ3n) is 4.79. The van der Waals surface area contributed by atoms with Gasteiger partial charge in [0, 0.05) is 11.3 Å². The van der Waals surface area contributed by atoms with Crippen LogP contribution in [0.25, 0.3) is 6.08 Å². The molecule has 3 rings (SSSR count). The Bertz CT molecular complexity index is 1070. The summed E-state index contributed by atoms with van der Waals surface area (Å²) in [5, 5.41) is 2.31. The van der Waals surface area contributed by atoms with Gasteiger partial charge >= 0.3 is 0 Å². The van der Waals surface area contributed by atoms with Crippen molar-refractivity contribution in [3.63, 3.8) is 0 Å². The lowest BCUT2D eigenvalue weighted by Gasteiger charge is -2.16. The van der Waals surface area contributed by atoms with Gasteiger partial charge in [-0.05, 0) is 62.7 Å². The number of imide groups is 1. The van der Waals surface area contributed by atoms with Crippen LogP contribution in [-0.4, -0.2) is 41.7 Å². The average Bonchev–Trinajstić information content (AvgIpc) is 2.99. The topological polar surface area (TPSA) is 84.9 Å². The SMILES string of the molecule is COc1cccc(/C=C2\SC(=O)N(CC(=O)Nc3c(C)cccc3C)C2=O)c1OC(C)C. The van der Waals surface area contributed by atoms with E-state index in [2.05, 4.69) is 5.32 Å². The Balaban J connectivity index is 1.81. The zero-order chi connectivity index (χ0) is 23.4. The van der Waals surface area contributed by atoms with Crippen molar-refractivity contribution in [2.75, 3.05) is 19.0 Å². The number of ether oxygens (including phenoxy) is 2. The number of hydrogen-bond donors (Lipinski definition) is 1. The Kier molecular flexibility index (Phi) is 7.25. The summed E-state index contributed by atoms with van der Waals surface area (Å²) in [5.41, 5.74) is 3.11. The van der Waals surface area contributed by atoms with Crippen molar-refractivity contribution >= 4 is 40.6 Å². The molecule has 7 nitrogen and oxygen atoms in total. The van der Waals surface area contributed by atoms with E-state index in [0.717, 1.165) is 27.8 Å². The molecule has 0 saturated carbocycles. The van der Waals surface area contributed by atoms with E-state index in [1.165, 1.54) is 7.11 Å². The highest BCUT2D eigenvalue weighted by Gasteiger charge is 2.36. The van der Waals surface area contributed by atoms with Gasteiger partial charge in [-0.2, -0.15) is 0 Å². The normalized spacial score (nSPS) is 14.9. The predicted octanol–water partition coefficient (Wildman–Crippen LogP) is 4.77. The second-order valence-corrected chi connectivity index (χ2v) is 8.62. The summed E-state index contributed by atoms with van der Waals surface area (Å²) in [7, 11) is 1.54. The lowest BCUT2D eigenvalue weighted by atomic mass is 10.1. The van der Waals surface area contributed by atoms with Crippen molar-refractivity contribution in [1.29, 1.82) is 0 Å². The number of methoxy groups -OCH3 is 1. The lowest BCUT2D eigenvalue weighted by Crippen LogP contribution is -2.36. The number of anilines is 1. The predicted molar refractivity (Wildman–Crippen MR) is 126 cm³/mol. The molecule has 0 aliphatic carbocycles. The first-order valence-corrected chi connectivity index (χ1v) is 11.0. The van der Waals surface area contributed by atoms with Gasteiger partial charge in [-0.1, -0.05) is 30.3 Å². The minimum absolute atomic E-state index is 0.109. The molecular formula is C24H26N2O5S. The van der Waals surface area contributed by atoms with Crippen LogP contribution in [0.5, 0.6) is 11.5 Å². The molecule has 2 aromatic carbocycles. The molecule has 0 aromatic heterocycles. The van der Waals surface area contributed by atoms with Crippen molar-refractivity contribution in [2.45, 2.75) is 33.8 Å². The summed E-state index contributed by atoms with van der Waals surface area (Å²) in [4.78, 5) is 39.1. The monoisotopic (exact) mass is 454 g/mol. The third-order valence-corrected chi connectivity index (χ3v) is 5.70. The largest absolute Gasteiger partial charge is 0.493 e. The number of amides is 3. The zero-order valence-electron chi connectivity index (χ0n) is 18.7. The Hall–Kier alpha value is -3.26. The van der Waals surface area contributed by atoms with E-state index >= 15 is 0 Å². The van der Waals surface area contributed by atoms with E-state index in [1.54, 1.807) is 24.3 Å². The van der Waals surface area contributed by atoms with Crippen LogP contribution in [0, 0.1) is 13.8 Å². The molecule has 0 spiro atoms. The molecule has 3 amide bonds. The number of aryl methyl sites for hydroxylation is 2. The summed E-state index contributed by atoms with van der Waals surface area (Å²) >= 11 is 0.794. The van der Waals surface area contributed by atoms with Gasteiger partial charge in [0.15, 0.2) is 11.5 Å². The van der Waals surface area contributed by atoms with Crippen molar-refractivity contribution in [3.05, 3.63) is 58.0 Å². The van der Waals surface area contributed by atoms with Gasteiger partial charge in [-0.15, -0.1) is 0 Å². The third kappa shape index (κ3) is 5.13. The number of rotatable bonds is 7. The van der Waals surface area contributed by atoms with Crippen molar-refractivity contribution < 1.29 is 23.9 Å². The summed E-state index contributed by atoms with van der Waals surface area (Å²) in [5.74, 6) is 0.0651. The Morgan fingerprint density at radius 2 is 1.78 bits per heavy atom. The Morgan fingerprint density at radius 1 is 1.12 bits per heavy atom. The van der Waals surface area contributed by atoms with Crippen molar-refractivity contribution in [2.24, 2.45) is 0 Å². The summed E-state index contributed by atoms with van der Waals surface area (Å²) < 4.78 is 11.2. The molecule has 2 aromatic rings. The smallest absolute Gasteiger partial charge is 0.294 e. The highest BCUT2D eigenvalue weighted by Crippen LogP contribution is 2.37. The number of carbonyl (C=O) groups excluding carboxylic acids is 3. The van der Waals surface area contributed by atoms with E-state index in [4.69, 9.17) is 9.47 Å². The summed E-state index contributed by atoms with van der Waals surface area (Å²) in [6.45, 7) is 7.19. The minimum atomic E-state index is -0.519. The van der Waals surface area contributed by atoms with E-state index in [0.29, 0.717) is 22.7 Å². The fraction of sp³-hybridized carbons (Fsp3) is 0.292. The molecule has 0 atom stereocenters. The van der Waals surface area contributed by atoms with Gasteiger partial charge in [-0.3, -0.25) is 19.3 Å². The standard InChI is InChI=1S/C24H26N2O5S/c1-14(2)31-22-17(10-7-11-18(22)30-5)12-19-23(28)26(24(29)32-19)13-20(27)25-21-15(3)8-6-9-16(21)4/h6-12,14H,13H2,1-5H3,(H,25,27)/b19-12-. The van der Waals surface area contributed by atoms with Crippen LogP contribution in [0.2, 0.25) is 0 Å². The molecule has 1 fully saturated rings. The van der Waals surface area contributed by atoms with Crippen LogP contribution in [0.4, 0.5) is 10.5 Å². The van der Waals surface area contributed by atoms with Gasteiger partial charge in [0.05, 0.1) is 18.1 Å². The molecule has 1 N–H and O–H groups in total. The highest BCUT2D eigenvalue weighted by atomic mass is 32.2. The summed E-state index contributed by atoms with van der Waals surface area (Å²) in [6, 6.07) is 11.0. The van der Waals surface area contributed by atoms with Crippen LogP contribution in [0.1, 0.15) is 30.5 Å². The maximum absolute atomic E-state index is 12.9. The second-order valence-electron chi connectivity index (χ2n) is 7.63. The number of nitrogens with zero attached hydrogens (tertiary/aromatic N) is 1. The second kappa shape index (κ2) is 9.91. The number of para-hydroxylation sites is 2. The molecule has 0 radical (unpaired) electrons. The van der Waals surface area contributed by atoms with E-state index in [1.807, 2.05) is 45.9 Å². The van der Waals surface area contributed by atoms with Gasteiger partial charge in [0.1, 0.15) is 6.54 Å². The van der Waals surface area contributed by atoms with Gasteiger partial charge in [-0.25, -0.2) is 0 Å². The molecule has 8 heteroatoms. The van der Waals surface area contributed by atoms with Crippen LogP contribution < -0.4 is 14.8 Å². The average molecular weight is 455 g/mol. The van der Waals surface area contributed by atoms with E-state index < -0.39 is 17.1 Å². The first kappa shape index (κ1) is 23.4. The first-order valence-electron chi connectivity index (χ1n) is 10.2. The molecule has 32 heavy (non-hydrogen) atoms. The van der Waals surface area contributed by atoms with Crippen LogP contribution in [0.3, 0.4) is 0 Å². The minimum Gasteiger partial charge on any atom is -0.493 e. The molecule has 1 aliphatic heterocycles. The number of hydrogen-bond acceptors (Lipinski definition) is 6. The molecular weight excluding hydrogens is 428 g/mol. The van der Waals surface area contributed by atoms with Crippen molar-refractivity contribution in [1.82, 2.24) is 4.90 Å². The zero-order valence-corrected chi connectivity index (χ0v) is 19.5. The van der Waals surface area contributed by atoms with Crippen LogP contribution >= 0.6 is 11.8 Å². The molecule has 0 bridgehead atoms. The Labute approximate surface area is 191 Å². The van der Waals surface area contributed by atoms with Gasteiger partial charge < -0.3 is 14.8 Å². The molecule has 0 unspecified atom stereocenters. The Morgan fingerprint density at radius 3 is 2.41 bits per heavy atom. The van der Waals surface area contributed by atoms with E-state index in [9.17, 15) is 14.4 Å². The lowest BCUT2D eigenvalue weighted by molar-refractivity contribution is -0.127. The quantitative estimate of drug-likeness (QED) is 0.607. The van der Waals surface area contributed by atoms with Gasteiger partial charge in [0.2, 0.25) is 5.91 Å². The van der Waals surface area contributed by atoms with Crippen LogP contribution in [-0.2, 0) is 9.59 Å². The molecule has 1 heterocycles. The van der Waals surface area contributed by atoms with Crippen LogP contribution in [0.15, 0.2) is 41.3 Å². The fourth-order valence-electron chi connectivity index (χ4n) is 3.28.